The number of likely N-dealkylation sites (tertiary alicyclic amines) is 1. The van der Waals surface area contributed by atoms with Gasteiger partial charge in [0.25, 0.3) is 0 Å². The van der Waals surface area contributed by atoms with Crippen molar-refractivity contribution in [2.45, 2.75) is 52.4 Å². The zero-order chi connectivity index (χ0) is 20.3. The number of rotatable bonds is 9. The van der Waals surface area contributed by atoms with Gasteiger partial charge in [-0.05, 0) is 44.2 Å². The van der Waals surface area contributed by atoms with E-state index in [-0.39, 0.29) is 24.0 Å². The Kier molecular flexibility index (Phi) is 12.0. The highest BCUT2D eigenvalue weighted by Crippen LogP contribution is 2.18. The number of ether oxygens (including phenoxy) is 3. The van der Waals surface area contributed by atoms with E-state index < -0.39 is 0 Å². The molecule has 0 aromatic heterocycles. The molecular weight excluding hydrogens is 493 g/mol. The number of hydrogen-bond acceptors (Lipinski definition) is 4. The first-order valence-corrected chi connectivity index (χ1v) is 11.2. The number of nitrogens with zero attached hydrogens (tertiary/aromatic N) is 2. The van der Waals surface area contributed by atoms with Crippen molar-refractivity contribution in [1.82, 2.24) is 10.2 Å². The molecule has 1 atom stereocenters. The summed E-state index contributed by atoms with van der Waals surface area (Å²) in [5, 5.41) is 3.45. The van der Waals surface area contributed by atoms with E-state index in [1.807, 2.05) is 0 Å². The molecule has 2 aliphatic rings. The summed E-state index contributed by atoms with van der Waals surface area (Å²) in [6.07, 6.45) is 3.49. The fourth-order valence-electron chi connectivity index (χ4n) is 3.91. The number of guanidine groups is 1. The monoisotopic (exact) mass is 531 g/mol. The molecule has 0 amide bonds. The van der Waals surface area contributed by atoms with Crippen molar-refractivity contribution in [3.63, 3.8) is 0 Å². The fourth-order valence-corrected chi connectivity index (χ4v) is 3.91. The number of hydrogen-bond donors (Lipinski definition) is 1. The highest BCUT2D eigenvalue weighted by Gasteiger charge is 2.24. The van der Waals surface area contributed by atoms with Crippen LogP contribution in [0.25, 0.3) is 0 Å². The number of benzene rings is 1. The molecule has 170 valence electrons. The van der Waals surface area contributed by atoms with E-state index >= 15 is 0 Å². The van der Waals surface area contributed by atoms with Crippen LogP contribution in [0.1, 0.15) is 44.2 Å². The third-order valence-corrected chi connectivity index (χ3v) is 5.53. The number of aliphatic imine (C=N–C) groups is 1. The second-order valence-corrected chi connectivity index (χ2v) is 7.87. The largest absolute Gasteiger partial charge is 0.381 e. The Morgan fingerprint density at radius 1 is 1.20 bits per heavy atom. The van der Waals surface area contributed by atoms with Crippen LogP contribution < -0.4 is 5.32 Å². The molecule has 0 saturated carbocycles. The third kappa shape index (κ3) is 8.32. The highest BCUT2D eigenvalue weighted by atomic mass is 127. The van der Waals surface area contributed by atoms with E-state index in [9.17, 15) is 0 Å². The summed E-state index contributed by atoms with van der Waals surface area (Å²) in [6.45, 7) is 11.7. The lowest BCUT2D eigenvalue weighted by atomic mass is 10.1. The Balaban J connectivity index is 0.00000320. The molecule has 30 heavy (non-hydrogen) atoms. The summed E-state index contributed by atoms with van der Waals surface area (Å²) >= 11 is 0. The Morgan fingerprint density at radius 2 is 2.00 bits per heavy atom. The second-order valence-electron chi connectivity index (χ2n) is 7.87. The smallest absolute Gasteiger partial charge is 0.194 e. The van der Waals surface area contributed by atoms with Crippen LogP contribution in [0.5, 0.6) is 0 Å². The summed E-state index contributed by atoms with van der Waals surface area (Å²) in [4.78, 5) is 7.27. The van der Waals surface area contributed by atoms with E-state index in [0.717, 1.165) is 64.9 Å². The molecule has 1 unspecified atom stereocenters. The van der Waals surface area contributed by atoms with Gasteiger partial charge in [0.15, 0.2) is 5.96 Å². The molecule has 2 saturated heterocycles. The summed E-state index contributed by atoms with van der Waals surface area (Å²) in [6, 6.07) is 8.60. The van der Waals surface area contributed by atoms with Gasteiger partial charge < -0.3 is 24.4 Å². The van der Waals surface area contributed by atoms with Crippen LogP contribution in [0.15, 0.2) is 29.3 Å². The second kappa shape index (κ2) is 14.2. The summed E-state index contributed by atoms with van der Waals surface area (Å²) in [5.41, 5.74) is 2.44. The molecule has 0 radical (unpaired) electrons. The number of nitrogens with one attached hydrogen (secondary N) is 1. The van der Waals surface area contributed by atoms with Gasteiger partial charge >= 0.3 is 0 Å². The average molecular weight is 531 g/mol. The molecule has 2 fully saturated rings. The predicted octanol–water partition coefficient (Wildman–Crippen LogP) is 3.82. The van der Waals surface area contributed by atoms with Crippen molar-refractivity contribution >= 4 is 29.9 Å². The molecule has 7 heteroatoms. The van der Waals surface area contributed by atoms with Crippen LogP contribution in [0.3, 0.4) is 0 Å². The first kappa shape index (κ1) is 25.4. The van der Waals surface area contributed by atoms with Gasteiger partial charge in [0, 0.05) is 45.4 Å². The molecular formula is C23H38IN3O3. The highest BCUT2D eigenvalue weighted by molar-refractivity contribution is 14.0. The zero-order valence-corrected chi connectivity index (χ0v) is 20.8. The van der Waals surface area contributed by atoms with Crippen molar-refractivity contribution < 1.29 is 14.2 Å². The minimum absolute atomic E-state index is 0. The Hall–Kier alpha value is -0.900. The standard InChI is InChI=1S/C23H37N3O3.HI/c1-3-24-23(26-11-8-21(16-26)17-27-4-2)25-15-19-6-5-7-20(14-19)18-29-22-9-12-28-13-10-22;/h5-7,14,21-22H,3-4,8-13,15-18H2,1-2H3,(H,24,25);1H. The predicted molar refractivity (Wildman–Crippen MR) is 131 cm³/mol. The minimum atomic E-state index is 0. The van der Waals surface area contributed by atoms with Gasteiger partial charge in [0.2, 0.25) is 0 Å². The third-order valence-electron chi connectivity index (χ3n) is 5.53. The van der Waals surface area contributed by atoms with E-state index in [1.54, 1.807) is 0 Å². The van der Waals surface area contributed by atoms with E-state index in [0.29, 0.717) is 25.2 Å². The summed E-state index contributed by atoms with van der Waals surface area (Å²) in [5.74, 6) is 1.61. The van der Waals surface area contributed by atoms with Gasteiger partial charge in [-0.15, -0.1) is 24.0 Å². The minimum Gasteiger partial charge on any atom is -0.381 e. The Labute approximate surface area is 198 Å². The van der Waals surface area contributed by atoms with Crippen LogP contribution in [0.4, 0.5) is 0 Å². The Morgan fingerprint density at radius 3 is 2.77 bits per heavy atom. The first-order valence-electron chi connectivity index (χ1n) is 11.2. The van der Waals surface area contributed by atoms with Gasteiger partial charge in [-0.1, -0.05) is 24.3 Å². The summed E-state index contributed by atoms with van der Waals surface area (Å²) in [7, 11) is 0. The Bertz CT molecular complexity index is 638. The molecule has 1 aromatic rings. The van der Waals surface area contributed by atoms with Gasteiger partial charge in [-0.2, -0.15) is 0 Å². The van der Waals surface area contributed by atoms with Crippen LogP contribution in [0, 0.1) is 5.92 Å². The quantitative estimate of drug-likeness (QED) is 0.298. The maximum absolute atomic E-state index is 6.07. The molecule has 0 spiro atoms. The first-order chi connectivity index (χ1) is 14.3. The maximum Gasteiger partial charge on any atom is 0.194 e. The lowest BCUT2D eigenvalue weighted by Crippen LogP contribution is -2.40. The molecule has 6 nitrogen and oxygen atoms in total. The van der Waals surface area contributed by atoms with Crippen LogP contribution >= 0.6 is 24.0 Å². The normalized spacial score (nSPS) is 20.3. The van der Waals surface area contributed by atoms with Crippen molar-refractivity contribution in [1.29, 1.82) is 0 Å². The van der Waals surface area contributed by atoms with Crippen molar-refractivity contribution in [2.75, 3.05) is 46.1 Å². The fraction of sp³-hybridized carbons (Fsp3) is 0.696. The molecule has 0 bridgehead atoms. The van der Waals surface area contributed by atoms with Gasteiger partial charge in [-0.3, -0.25) is 0 Å². The van der Waals surface area contributed by atoms with Gasteiger partial charge in [-0.25, -0.2) is 4.99 Å². The van der Waals surface area contributed by atoms with E-state index in [4.69, 9.17) is 19.2 Å². The molecule has 0 aliphatic carbocycles. The van der Waals surface area contributed by atoms with Gasteiger partial charge in [0.05, 0.1) is 25.9 Å². The maximum atomic E-state index is 6.07. The lowest BCUT2D eigenvalue weighted by Gasteiger charge is -2.22. The summed E-state index contributed by atoms with van der Waals surface area (Å²) < 4.78 is 17.1. The van der Waals surface area contributed by atoms with Crippen molar-refractivity contribution in [3.8, 4) is 0 Å². The molecule has 1 N–H and O–H groups in total. The van der Waals surface area contributed by atoms with Crippen LogP contribution in [-0.2, 0) is 27.4 Å². The lowest BCUT2D eigenvalue weighted by molar-refractivity contribution is -0.0390. The average Bonchev–Trinajstić information content (AvgIpc) is 3.23. The van der Waals surface area contributed by atoms with Crippen molar-refractivity contribution in [2.24, 2.45) is 10.9 Å². The topological polar surface area (TPSA) is 55.3 Å². The molecule has 1 aromatic carbocycles. The van der Waals surface area contributed by atoms with Crippen LogP contribution in [0.2, 0.25) is 0 Å². The number of halogens is 1. The zero-order valence-electron chi connectivity index (χ0n) is 18.5. The van der Waals surface area contributed by atoms with E-state index in [2.05, 4.69) is 48.3 Å². The molecule has 2 heterocycles. The van der Waals surface area contributed by atoms with Crippen LogP contribution in [-0.4, -0.2) is 63.0 Å². The molecule has 3 rings (SSSR count). The SMILES string of the molecule is CCNC(=NCc1cccc(COC2CCOCC2)c1)N1CCC(COCC)C1.I. The van der Waals surface area contributed by atoms with Gasteiger partial charge in [0.1, 0.15) is 0 Å². The van der Waals surface area contributed by atoms with Crippen molar-refractivity contribution in [3.05, 3.63) is 35.4 Å². The van der Waals surface area contributed by atoms with E-state index in [1.165, 1.54) is 17.5 Å². The molecule has 2 aliphatic heterocycles.